The molecular weight excluding hydrogens is 308 g/mol. The van der Waals surface area contributed by atoms with Crippen LogP contribution in [0.25, 0.3) is 0 Å². The summed E-state index contributed by atoms with van der Waals surface area (Å²) in [7, 11) is 0. The summed E-state index contributed by atoms with van der Waals surface area (Å²) >= 11 is 0. The maximum absolute atomic E-state index is 14.5. The first kappa shape index (κ1) is 15.7. The predicted molar refractivity (Wildman–Crippen MR) is 77.5 cm³/mol. The van der Waals surface area contributed by atoms with Crippen molar-refractivity contribution in [3.8, 4) is 0 Å². The van der Waals surface area contributed by atoms with Crippen LogP contribution in [0, 0.1) is 0 Å². The largest absolute Gasteiger partial charge is 0.443 e. The van der Waals surface area contributed by atoms with Crippen LogP contribution in [0.4, 0.5) is 13.6 Å². The molecule has 6 nitrogen and oxygen atoms in total. The summed E-state index contributed by atoms with van der Waals surface area (Å²) in [4.78, 5) is 25.6. The number of nitrogens with two attached hydrogens (primary N) is 1. The van der Waals surface area contributed by atoms with Crippen molar-refractivity contribution in [3.05, 3.63) is 36.0 Å². The number of nitrogens with zero attached hydrogens (tertiary/aromatic N) is 2. The molecule has 1 fully saturated rings. The number of carbonyl (C=O) groups excluding carboxylic acids is 2. The molecular formula is C15H17F2N3O3. The average Bonchev–Trinajstić information content (AvgIpc) is 2.92. The number of hydrogen-bond donors (Lipinski definition) is 1. The number of ether oxygens (including phenoxy) is 1. The van der Waals surface area contributed by atoms with Crippen LogP contribution >= 0.6 is 0 Å². The lowest BCUT2D eigenvalue weighted by Crippen LogP contribution is -2.44. The fraction of sp³-hybridized carbons (Fsp3) is 0.467. The third kappa shape index (κ3) is 2.86. The number of alkyl halides is 1. The molecule has 8 heteroatoms. The molecule has 0 radical (unpaired) electrons. The van der Waals surface area contributed by atoms with Gasteiger partial charge in [0.2, 0.25) is 0 Å². The molecule has 2 aliphatic heterocycles. The van der Waals surface area contributed by atoms with Gasteiger partial charge in [0.25, 0.3) is 0 Å². The molecule has 3 atom stereocenters. The van der Waals surface area contributed by atoms with E-state index >= 15 is 0 Å². The van der Waals surface area contributed by atoms with E-state index in [1.54, 1.807) is 0 Å². The quantitative estimate of drug-likeness (QED) is 0.838. The number of halogens is 2. The first-order valence-electron chi connectivity index (χ1n) is 7.38. The Bertz CT molecular complexity index is 617. The Balaban J connectivity index is 1.78. The minimum atomic E-state index is -1.98. The molecule has 0 aromatic rings. The van der Waals surface area contributed by atoms with E-state index in [0.717, 1.165) is 4.90 Å². The summed E-state index contributed by atoms with van der Waals surface area (Å²) in [6, 6.07) is -1.06. The highest BCUT2D eigenvalue weighted by molar-refractivity contribution is 5.90. The zero-order valence-electron chi connectivity index (χ0n) is 12.3. The minimum absolute atomic E-state index is 0.0515. The van der Waals surface area contributed by atoms with Crippen LogP contribution < -0.4 is 5.73 Å². The van der Waals surface area contributed by atoms with E-state index in [1.807, 2.05) is 0 Å². The van der Waals surface area contributed by atoms with E-state index in [-0.39, 0.29) is 31.0 Å². The molecule has 0 aromatic carbocycles. The maximum Gasteiger partial charge on any atom is 0.410 e. The van der Waals surface area contributed by atoms with Gasteiger partial charge in [0, 0.05) is 25.7 Å². The standard InChI is InChI=1S/C15H17F2N3O3/c16-13-11(19-5-3-9(21)4-6-19)1-2-12(14(13)17)20-8-10(7-18)23-15(20)22/h1-3,5,10,12,14H,4,6-8,18H2. The Morgan fingerprint density at radius 2 is 2.13 bits per heavy atom. The average molecular weight is 325 g/mol. The van der Waals surface area contributed by atoms with E-state index < -0.39 is 30.2 Å². The number of allylic oxidation sites excluding steroid dienone is 2. The molecule has 1 aliphatic carbocycles. The lowest BCUT2D eigenvalue weighted by atomic mass is 10.0. The second-order valence-corrected chi connectivity index (χ2v) is 5.60. The molecule has 0 saturated carbocycles. The van der Waals surface area contributed by atoms with Crippen molar-refractivity contribution >= 4 is 11.9 Å². The van der Waals surface area contributed by atoms with E-state index in [4.69, 9.17) is 10.5 Å². The van der Waals surface area contributed by atoms with Crippen LogP contribution in [-0.2, 0) is 9.53 Å². The number of rotatable bonds is 3. The van der Waals surface area contributed by atoms with Gasteiger partial charge >= 0.3 is 6.09 Å². The molecule has 2 heterocycles. The number of carbonyl (C=O) groups is 2. The first-order valence-corrected chi connectivity index (χ1v) is 7.38. The molecule has 3 unspecified atom stereocenters. The Kier molecular flexibility index (Phi) is 4.16. The number of ketones is 1. The van der Waals surface area contributed by atoms with Crippen molar-refractivity contribution in [1.29, 1.82) is 0 Å². The molecule has 3 aliphatic rings. The number of amides is 1. The maximum atomic E-state index is 14.5. The summed E-state index contributed by atoms with van der Waals surface area (Å²) in [6.07, 6.45) is 2.70. The van der Waals surface area contributed by atoms with Gasteiger partial charge < -0.3 is 15.4 Å². The van der Waals surface area contributed by atoms with Gasteiger partial charge in [0.05, 0.1) is 18.3 Å². The van der Waals surface area contributed by atoms with Gasteiger partial charge in [-0.1, -0.05) is 6.08 Å². The lowest BCUT2D eigenvalue weighted by Gasteiger charge is -2.32. The van der Waals surface area contributed by atoms with E-state index in [0.29, 0.717) is 6.54 Å². The number of cyclic esters (lactones) is 1. The van der Waals surface area contributed by atoms with Crippen molar-refractivity contribution in [1.82, 2.24) is 9.80 Å². The SMILES string of the molecule is NCC1CN(C2C=CC(N3C=CC(=O)CC3)=C(F)C2F)C(=O)O1. The smallest absolute Gasteiger partial charge is 0.410 e. The van der Waals surface area contributed by atoms with Crippen LogP contribution in [0.1, 0.15) is 6.42 Å². The third-order valence-electron chi connectivity index (χ3n) is 4.11. The second-order valence-electron chi connectivity index (χ2n) is 5.60. The van der Waals surface area contributed by atoms with Crippen molar-refractivity contribution in [2.24, 2.45) is 5.73 Å². The first-order chi connectivity index (χ1) is 11.0. The van der Waals surface area contributed by atoms with Gasteiger partial charge in [-0.15, -0.1) is 0 Å². The zero-order chi connectivity index (χ0) is 16.6. The molecule has 0 bridgehead atoms. The lowest BCUT2D eigenvalue weighted by molar-refractivity contribution is -0.115. The second kappa shape index (κ2) is 6.11. The topological polar surface area (TPSA) is 75.9 Å². The van der Waals surface area contributed by atoms with E-state index in [1.165, 1.54) is 29.3 Å². The van der Waals surface area contributed by atoms with Crippen molar-refractivity contribution in [3.63, 3.8) is 0 Å². The van der Waals surface area contributed by atoms with Gasteiger partial charge in [0.15, 0.2) is 17.8 Å². The Labute approximate surface area is 131 Å². The third-order valence-corrected chi connectivity index (χ3v) is 4.11. The summed E-state index contributed by atoms with van der Waals surface area (Å²) in [5.74, 6) is -1.01. The molecule has 1 amide bonds. The minimum Gasteiger partial charge on any atom is -0.443 e. The highest BCUT2D eigenvalue weighted by Gasteiger charge is 2.42. The summed E-state index contributed by atoms with van der Waals surface area (Å²) in [6.45, 7) is 0.554. The molecule has 0 aromatic heterocycles. The molecule has 1 saturated heterocycles. The van der Waals surface area contributed by atoms with Gasteiger partial charge in [0.1, 0.15) is 6.10 Å². The highest BCUT2D eigenvalue weighted by atomic mass is 19.2. The van der Waals surface area contributed by atoms with Crippen LogP contribution in [0.5, 0.6) is 0 Å². The van der Waals surface area contributed by atoms with Gasteiger partial charge in [-0.2, -0.15) is 0 Å². The monoisotopic (exact) mass is 325 g/mol. The Morgan fingerprint density at radius 3 is 2.74 bits per heavy atom. The Morgan fingerprint density at radius 1 is 1.35 bits per heavy atom. The van der Waals surface area contributed by atoms with E-state index in [9.17, 15) is 18.4 Å². The van der Waals surface area contributed by atoms with Crippen molar-refractivity contribution < 1.29 is 23.1 Å². The van der Waals surface area contributed by atoms with Crippen molar-refractivity contribution in [2.75, 3.05) is 19.6 Å². The van der Waals surface area contributed by atoms with Crippen LogP contribution in [0.2, 0.25) is 0 Å². The summed E-state index contributed by atoms with van der Waals surface area (Å²) < 4.78 is 33.9. The van der Waals surface area contributed by atoms with Gasteiger partial charge in [-0.05, 0) is 12.2 Å². The van der Waals surface area contributed by atoms with Crippen molar-refractivity contribution in [2.45, 2.75) is 24.7 Å². The zero-order valence-corrected chi connectivity index (χ0v) is 12.3. The predicted octanol–water partition coefficient (Wildman–Crippen LogP) is 1.01. The van der Waals surface area contributed by atoms with Gasteiger partial charge in [-0.3, -0.25) is 9.69 Å². The molecule has 3 rings (SSSR count). The van der Waals surface area contributed by atoms with Gasteiger partial charge in [-0.25, -0.2) is 13.6 Å². The van der Waals surface area contributed by atoms with Crippen LogP contribution in [-0.4, -0.2) is 59.6 Å². The fourth-order valence-electron chi connectivity index (χ4n) is 2.82. The summed E-state index contributed by atoms with van der Waals surface area (Å²) in [5.41, 5.74) is 5.51. The molecule has 124 valence electrons. The summed E-state index contributed by atoms with van der Waals surface area (Å²) in [5, 5.41) is 0. The normalized spacial score (nSPS) is 31.2. The fourth-order valence-corrected chi connectivity index (χ4v) is 2.82. The molecule has 0 spiro atoms. The molecule has 23 heavy (non-hydrogen) atoms. The number of hydrogen-bond acceptors (Lipinski definition) is 5. The van der Waals surface area contributed by atoms with Crippen LogP contribution in [0.15, 0.2) is 36.0 Å². The highest BCUT2D eigenvalue weighted by Crippen LogP contribution is 2.31. The van der Waals surface area contributed by atoms with Crippen LogP contribution in [0.3, 0.4) is 0 Å². The molecule has 2 N–H and O–H groups in total. The van der Waals surface area contributed by atoms with E-state index in [2.05, 4.69) is 0 Å². The Hall–Kier alpha value is -2.22.